The first-order valence-corrected chi connectivity index (χ1v) is 11.1. The van der Waals surface area contributed by atoms with E-state index in [1.165, 1.54) is 12.8 Å². The van der Waals surface area contributed by atoms with Crippen LogP contribution in [0.2, 0.25) is 0 Å². The Morgan fingerprint density at radius 3 is 2.87 bits per heavy atom. The van der Waals surface area contributed by atoms with Crippen LogP contribution in [0.4, 0.5) is 0 Å². The van der Waals surface area contributed by atoms with Gasteiger partial charge in [0.2, 0.25) is 0 Å². The molecule has 1 aromatic carbocycles. The van der Waals surface area contributed by atoms with Gasteiger partial charge in [0.05, 0.1) is 11.6 Å². The van der Waals surface area contributed by atoms with Gasteiger partial charge in [0, 0.05) is 25.8 Å². The molecule has 1 amide bonds. The van der Waals surface area contributed by atoms with Gasteiger partial charge in [0.25, 0.3) is 5.91 Å². The maximum absolute atomic E-state index is 13.3. The van der Waals surface area contributed by atoms with E-state index in [-0.39, 0.29) is 24.2 Å². The highest BCUT2D eigenvalue weighted by Gasteiger charge is 2.30. The normalized spacial score (nSPS) is 19.0. The molecule has 0 radical (unpaired) electrons. The second-order valence-electron chi connectivity index (χ2n) is 8.79. The summed E-state index contributed by atoms with van der Waals surface area (Å²) in [7, 11) is 0. The molecule has 1 saturated heterocycles. The van der Waals surface area contributed by atoms with Gasteiger partial charge in [0.1, 0.15) is 5.75 Å². The summed E-state index contributed by atoms with van der Waals surface area (Å²) < 4.78 is 9.41. The monoisotopic (exact) mass is 420 g/mol. The summed E-state index contributed by atoms with van der Waals surface area (Å²) in [5, 5.41) is 0. The highest BCUT2D eigenvalue weighted by Crippen LogP contribution is 2.32. The number of ether oxygens (including phenoxy) is 1. The molecule has 0 unspecified atom stereocenters. The second kappa shape index (κ2) is 8.21. The van der Waals surface area contributed by atoms with Crippen molar-refractivity contribution in [2.45, 2.75) is 45.2 Å². The Labute approximate surface area is 181 Å². The Bertz CT molecular complexity index is 1160. The number of aryl methyl sites for hydroxylation is 1. The Kier molecular flexibility index (Phi) is 5.26. The molecular weight excluding hydrogens is 392 g/mol. The largest absolute Gasteiger partial charge is 0.484 e. The lowest BCUT2D eigenvalue weighted by atomic mass is 10.1. The lowest BCUT2D eigenvalue weighted by molar-refractivity contribution is -0.135. The van der Waals surface area contributed by atoms with E-state index in [2.05, 4.69) is 4.98 Å². The van der Waals surface area contributed by atoms with Crippen LogP contribution in [0.3, 0.4) is 0 Å². The number of likely N-dealkylation sites (tertiary alicyclic amines) is 1. The third-order valence-electron chi connectivity index (χ3n) is 6.33. The summed E-state index contributed by atoms with van der Waals surface area (Å²) in [5.41, 5.74) is 2.71. The van der Waals surface area contributed by atoms with Crippen LogP contribution < -0.4 is 10.4 Å². The van der Waals surface area contributed by atoms with Gasteiger partial charge in [-0.3, -0.25) is 13.9 Å². The minimum Gasteiger partial charge on any atom is -0.484 e. The minimum atomic E-state index is -0.0676. The molecule has 3 heterocycles. The highest BCUT2D eigenvalue weighted by atomic mass is 16.5. The van der Waals surface area contributed by atoms with Crippen molar-refractivity contribution >= 4 is 17.1 Å². The van der Waals surface area contributed by atoms with Crippen LogP contribution in [0.15, 0.2) is 47.4 Å². The third-order valence-corrected chi connectivity index (χ3v) is 6.33. The topological polar surface area (TPSA) is 69.4 Å². The van der Waals surface area contributed by atoms with Crippen LogP contribution >= 0.6 is 0 Å². The number of benzene rings is 1. The standard InChI is InChI=1S/C24H28N4O3/c1-17-5-2-7-20(13-17)31-16-22(29)26-12-4-6-19(15-26)28-23-21(8-3-11-25-23)27(24(28)30)14-18-9-10-18/h2-3,5,7-8,11,13,18-19H,4,6,9-10,12,14-16H2,1H3/t19-/m0/s1. The molecule has 2 aliphatic rings. The van der Waals surface area contributed by atoms with Gasteiger partial charge in [-0.05, 0) is 68.4 Å². The van der Waals surface area contributed by atoms with Gasteiger partial charge in [0.15, 0.2) is 12.3 Å². The first kappa shape index (κ1) is 19.8. The van der Waals surface area contributed by atoms with Crippen molar-refractivity contribution < 1.29 is 9.53 Å². The number of hydrogen-bond acceptors (Lipinski definition) is 4. The molecule has 3 aromatic rings. The van der Waals surface area contributed by atoms with Gasteiger partial charge in [-0.2, -0.15) is 0 Å². The summed E-state index contributed by atoms with van der Waals surface area (Å²) >= 11 is 0. The zero-order chi connectivity index (χ0) is 21.4. The molecule has 1 aliphatic heterocycles. The van der Waals surface area contributed by atoms with E-state index >= 15 is 0 Å². The zero-order valence-corrected chi connectivity index (χ0v) is 17.9. The van der Waals surface area contributed by atoms with Gasteiger partial charge < -0.3 is 9.64 Å². The number of carbonyl (C=O) groups is 1. The molecule has 162 valence electrons. The highest BCUT2D eigenvalue weighted by molar-refractivity contribution is 5.78. The van der Waals surface area contributed by atoms with Gasteiger partial charge >= 0.3 is 5.69 Å². The average Bonchev–Trinajstić information content (AvgIpc) is 3.56. The van der Waals surface area contributed by atoms with E-state index < -0.39 is 0 Å². The fourth-order valence-corrected chi connectivity index (χ4v) is 4.51. The predicted octanol–water partition coefficient (Wildman–Crippen LogP) is 3.16. The Morgan fingerprint density at radius 2 is 2.06 bits per heavy atom. The van der Waals surface area contributed by atoms with Crippen LogP contribution in [0.25, 0.3) is 11.2 Å². The molecule has 1 aliphatic carbocycles. The lowest BCUT2D eigenvalue weighted by Crippen LogP contribution is -2.44. The maximum Gasteiger partial charge on any atom is 0.330 e. The number of amides is 1. The number of fused-ring (bicyclic) bond motifs is 1. The minimum absolute atomic E-state index is 0.00379. The number of nitrogens with zero attached hydrogens (tertiary/aromatic N) is 4. The zero-order valence-electron chi connectivity index (χ0n) is 17.9. The van der Waals surface area contributed by atoms with Crippen molar-refractivity contribution in [3.05, 3.63) is 58.6 Å². The maximum atomic E-state index is 13.3. The van der Waals surface area contributed by atoms with E-state index in [9.17, 15) is 9.59 Å². The number of aromatic nitrogens is 3. The number of piperidine rings is 1. The summed E-state index contributed by atoms with van der Waals surface area (Å²) in [6.07, 6.45) is 5.83. The van der Waals surface area contributed by atoms with E-state index in [1.807, 2.05) is 57.4 Å². The summed E-state index contributed by atoms with van der Waals surface area (Å²) in [6, 6.07) is 11.5. The van der Waals surface area contributed by atoms with Crippen LogP contribution in [0.5, 0.6) is 5.75 Å². The summed E-state index contributed by atoms with van der Waals surface area (Å²) in [5.74, 6) is 1.25. The van der Waals surface area contributed by atoms with Gasteiger partial charge in [-0.15, -0.1) is 0 Å². The van der Waals surface area contributed by atoms with E-state index in [4.69, 9.17) is 4.74 Å². The van der Waals surface area contributed by atoms with Crippen LogP contribution in [-0.4, -0.2) is 44.6 Å². The third kappa shape index (κ3) is 4.09. The first-order chi connectivity index (χ1) is 15.1. The molecule has 2 fully saturated rings. The Morgan fingerprint density at radius 1 is 1.19 bits per heavy atom. The predicted molar refractivity (Wildman–Crippen MR) is 118 cm³/mol. The molecule has 7 heteroatoms. The smallest absolute Gasteiger partial charge is 0.330 e. The Hall–Kier alpha value is -3.09. The van der Waals surface area contributed by atoms with E-state index in [0.29, 0.717) is 24.8 Å². The number of imidazole rings is 1. The van der Waals surface area contributed by atoms with Crippen molar-refractivity contribution in [1.29, 1.82) is 0 Å². The fraction of sp³-hybridized carbons (Fsp3) is 0.458. The molecule has 2 aromatic heterocycles. The summed E-state index contributed by atoms with van der Waals surface area (Å²) in [4.78, 5) is 32.5. The number of pyridine rings is 1. The average molecular weight is 421 g/mol. The molecule has 31 heavy (non-hydrogen) atoms. The molecule has 7 nitrogen and oxygen atoms in total. The number of hydrogen-bond donors (Lipinski definition) is 0. The molecule has 0 N–H and O–H groups in total. The van der Waals surface area contributed by atoms with Crippen LogP contribution in [0.1, 0.15) is 37.3 Å². The van der Waals surface area contributed by atoms with E-state index in [0.717, 1.165) is 36.1 Å². The molecule has 1 atom stereocenters. The van der Waals surface area contributed by atoms with Crippen molar-refractivity contribution in [3.8, 4) is 5.75 Å². The van der Waals surface area contributed by atoms with Crippen LogP contribution in [0, 0.1) is 12.8 Å². The molecule has 0 spiro atoms. The van der Waals surface area contributed by atoms with Crippen molar-refractivity contribution in [2.24, 2.45) is 5.92 Å². The van der Waals surface area contributed by atoms with Crippen molar-refractivity contribution in [1.82, 2.24) is 19.0 Å². The SMILES string of the molecule is Cc1cccc(OCC(=O)N2CCC[C@H](n3c(=O)n(CC4CC4)c4cccnc43)C2)c1. The molecular formula is C24H28N4O3. The quantitative estimate of drug-likeness (QED) is 0.614. The number of carbonyl (C=O) groups excluding carboxylic acids is 1. The van der Waals surface area contributed by atoms with Crippen molar-refractivity contribution in [3.63, 3.8) is 0 Å². The second-order valence-corrected chi connectivity index (χ2v) is 8.79. The lowest BCUT2D eigenvalue weighted by Gasteiger charge is -2.33. The van der Waals surface area contributed by atoms with Gasteiger partial charge in [-0.25, -0.2) is 9.78 Å². The van der Waals surface area contributed by atoms with E-state index in [1.54, 1.807) is 6.20 Å². The van der Waals surface area contributed by atoms with Crippen LogP contribution in [-0.2, 0) is 11.3 Å². The molecule has 0 bridgehead atoms. The van der Waals surface area contributed by atoms with Gasteiger partial charge in [-0.1, -0.05) is 12.1 Å². The molecule has 5 rings (SSSR count). The summed E-state index contributed by atoms with van der Waals surface area (Å²) in [6.45, 7) is 3.96. The molecule has 1 saturated carbocycles. The number of rotatable bonds is 6. The first-order valence-electron chi connectivity index (χ1n) is 11.1. The van der Waals surface area contributed by atoms with Crippen molar-refractivity contribution in [2.75, 3.05) is 19.7 Å². The fourth-order valence-electron chi connectivity index (χ4n) is 4.51. The Balaban J connectivity index is 1.34.